The van der Waals surface area contributed by atoms with E-state index in [1.54, 1.807) is 30.3 Å². The molecule has 0 saturated heterocycles. The average molecular weight is 277 g/mol. The summed E-state index contributed by atoms with van der Waals surface area (Å²) in [4.78, 5) is 23.4. The van der Waals surface area contributed by atoms with Crippen LogP contribution in [0.1, 0.15) is 38.2 Å². The summed E-state index contributed by atoms with van der Waals surface area (Å²) in [7, 11) is 0. The minimum Gasteiger partial charge on any atom is -0.479 e. The number of hydrogen-bond acceptors (Lipinski definition) is 3. The van der Waals surface area contributed by atoms with Crippen molar-refractivity contribution in [3.63, 3.8) is 0 Å². The van der Waals surface area contributed by atoms with Crippen molar-refractivity contribution in [1.82, 2.24) is 5.32 Å². The maximum atomic E-state index is 11.9. The standard InChI is InChI=1S/C15H19NO4/c1-15(13(17)18,11-7-3-2-4-8-11)16-14(19)20-12-9-5-6-10-12/h2-4,7-8,12H,5-6,9-10H2,1H3,(H,16,19)(H,17,18). The molecule has 1 aromatic rings. The van der Waals surface area contributed by atoms with E-state index in [1.165, 1.54) is 6.92 Å². The zero-order chi connectivity index (χ0) is 14.6. The number of benzene rings is 1. The van der Waals surface area contributed by atoms with Crippen LogP contribution in [0.2, 0.25) is 0 Å². The summed E-state index contributed by atoms with van der Waals surface area (Å²) in [6.07, 6.45) is 3.03. The lowest BCUT2D eigenvalue weighted by molar-refractivity contribution is -0.144. The number of carbonyl (C=O) groups excluding carboxylic acids is 1. The smallest absolute Gasteiger partial charge is 0.408 e. The molecule has 1 unspecified atom stereocenters. The first-order valence-corrected chi connectivity index (χ1v) is 6.80. The van der Waals surface area contributed by atoms with Gasteiger partial charge in [0, 0.05) is 0 Å². The van der Waals surface area contributed by atoms with Crippen molar-refractivity contribution in [2.75, 3.05) is 0 Å². The Hall–Kier alpha value is -2.04. The highest BCUT2D eigenvalue weighted by Crippen LogP contribution is 2.24. The monoisotopic (exact) mass is 277 g/mol. The summed E-state index contributed by atoms with van der Waals surface area (Å²) >= 11 is 0. The van der Waals surface area contributed by atoms with E-state index in [0.29, 0.717) is 5.56 Å². The molecule has 0 bridgehead atoms. The van der Waals surface area contributed by atoms with E-state index in [4.69, 9.17) is 4.74 Å². The third kappa shape index (κ3) is 3.10. The average Bonchev–Trinajstić information content (AvgIpc) is 2.92. The van der Waals surface area contributed by atoms with Crippen LogP contribution >= 0.6 is 0 Å². The van der Waals surface area contributed by atoms with Gasteiger partial charge in [-0.25, -0.2) is 9.59 Å². The van der Waals surface area contributed by atoms with Crippen LogP contribution in [0.25, 0.3) is 0 Å². The van der Waals surface area contributed by atoms with Crippen LogP contribution in [-0.4, -0.2) is 23.3 Å². The van der Waals surface area contributed by atoms with Crippen molar-refractivity contribution < 1.29 is 19.4 Å². The first-order chi connectivity index (χ1) is 9.52. The lowest BCUT2D eigenvalue weighted by Gasteiger charge is -2.27. The Labute approximate surface area is 117 Å². The van der Waals surface area contributed by atoms with Gasteiger partial charge < -0.3 is 15.2 Å². The van der Waals surface area contributed by atoms with Crippen molar-refractivity contribution in [2.24, 2.45) is 0 Å². The van der Waals surface area contributed by atoms with Crippen LogP contribution in [0.3, 0.4) is 0 Å². The van der Waals surface area contributed by atoms with E-state index in [2.05, 4.69) is 5.32 Å². The van der Waals surface area contributed by atoms with Gasteiger partial charge in [0.15, 0.2) is 5.54 Å². The predicted molar refractivity (Wildman–Crippen MR) is 73.3 cm³/mol. The topological polar surface area (TPSA) is 75.6 Å². The van der Waals surface area contributed by atoms with E-state index in [1.807, 2.05) is 0 Å². The van der Waals surface area contributed by atoms with Crippen molar-refractivity contribution >= 4 is 12.1 Å². The fourth-order valence-electron chi connectivity index (χ4n) is 2.41. The molecular weight excluding hydrogens is 258 g/mol. The van der Waals surface area contributed by atoms with E-state index < -0.39 is 17.6 Å². The number of carboxylic acids is 1. The van der Waals surface area contributed by atoms with Crippen LogP contribution in [0.4, 0.5) is 4.79 Å². The second-order valence-electron chi connectivity index (χ2n) is 5.23. The Morgan fingerprint density at radius 1 is 1.25 bits per heavy atom. The quantitative estimate of drug-likeness (QED) is 0.887. The van der Waals surface area contributed by atoms with Gasteiger partial charge in [-0.15, -0.1) is 0 Å². The van der Waals surface area contributed by atoms with Crippen molar-refractivity contribution in [3.05, 3.63) is 35.9 Å². The van der Waals surface area contributed by atoms with Crippen molar-refractivity contribution in [3.8, 4) is 0 Å². The normalized spacial score (nSPS) is 18.2. The molecule has 1 saturated carbocycles. The van der Waals surface area contributed by atoms with Gasteiger partial charge in [-0.3, -0.25) is 0 Å². The van der Waals surface area contributed by atoms with Crippen molar-refractivity contribution in [2.45, 2.75) is 44.2 Å². The van der Waals surface area contributed by atoms with Crippen LogP contribution in [0, 0.1) is 0 Å². The second-order valence-corrected chi connectivity index (χ2v) is 5.23. The van der Waals surface area contributed by atoms with Gasteiger partial charge in [0.05, 0.1) is 0 Å². The summed E-state index contributed by atoms with van der Waals surface area (Å²) in [6.45, 7) is 1.46. The maximum Gasteiger partial charge on any atom is 0.408 e. The van der Waals surface area contributed by atoms with Gasteiger partial charge in [-0.1, -0.05) is 30.3 Å². The highest BCUT2D eigenvalue weighted by Gasteiger charge is 2.38. The zero-order valence-corrected chi connectivity index (χ0v) is 11.5. The predicted octanol–water partition coefficient (Wildman–Crippen LogP) is 2.66. The van der Waals surface area contributed by atoms with Crippen molar-refractivity contribution in [1.29, 1.82) is 0 Å². The first kappa shape index (κ1) is 14.4. The number of carboxylic acid groups (broad SMARTS) is 1. The summed E-state index contributed by atoms with van der Waals surface area (Å²) in [5.74, 6) is -1.12. The summed E-state index contributed by atoms with van der Waals surface area (Å²) in [5.41, 5.74) is -0.979. The molecule has 2 rings (SSSR count). The Kier molecular flexibility index (Phi) is 4.27. The Morgan fingerprint density at radius 2 is 1.85 bits per heavy atom. The number of ether oxygens (including phenoxy) is 1. The number of nitrogens with one attached hydrogen (secondary N) is 1. The number of hydrogen-bond donors (Lipinski definition) is 2. The molecule has 1 aliphatic rings. The van der Waals surface area contributed by atoms with E-state index in [9.17, 15) is 14.7 Å². The molecule has 1 amide bonds. The van der Waals surface area contributed by atoms with Gasteiger partial charge in [0.2, 0.25) is 0 Å². The van der Waals surface area contributed by atoms with E-state index in [-0.39, 0.29) is 6.10 Å². The molecular formula is C15H19NO4. The number of aliphatic carboxylic acids is 1. The fourth-order valence-corrected chi connectivity index (χ4v) is 2.41. The maximum absolute atomic E-state index is 11.9. The van der Waals surface area contributed by atoms with Gasteiger partial charge in [-0.2, -0.15) is 0 Å². The number of carbonyl (C=O) groups is 2. The molecule has 5 nitrogen and oxygen atoms in total. The lowest BCUT2D eigenvalue weighted by Crippen LogP contribution is -2.50. The zero-order valence-electron chi connectivity index (χ0n) is 11.5. The Morgan fingerprint density at radius 3 is 2.40 bits per heavy atom. The molecule has 1 atom stereocenters. The SMILES string of the molecule is CC(NC(=O)OC1CCCC1)(C(=O)O)c1ccccc1. The molecule has 0 radical (unpaired) electrons. The fraction of sp³-hybridized carbons (Fsp3) is 0.467. The van der Waals surface area contributed by atoms with E-state index in [0.717, 1.165) is 25.7 Å². The Balaban J connectivity index is 2.09. The first-order valence-electron chi connectivity index (χ1n) is 6.80. The molecule has 0 aromatic heterocycles. The summed E-state index contributed by atoms with van der Waals surface area (Å²) < 4.78 is 5.27. The number of amides is 1. The molecule has 2 N–H and O–H groups in total. The number of rotatable bonds is 4. The molecule has 1 fully saturated rings. The molecule has 0 spiro atoms. The molecule has 0 heterocycles. The molecule has 1 aromatic carbocycles. The van der Waals surface area contributed by atoms with Gasteiger partial charge >= 0.3 is 12.1 Å². The highest BCUT2D eigenvalue weighted by molar-refractivity contribution is 5.85. The molecule has 0 aliphatic heterocycles. The summed E-state index contributed by atoms with van der Waals surface area (Å²) in [6, 6.07) is 8.61. The second kappa shape index (κ2) is 5.94. The number of alkyl carbamates (subject to hydrolysis) is 1. The third-order valence-corrected chi connectivity index (χ3v) is 3.71. The lowest BCUT2D eigenvalue weighted by atomic mass is 9.92. The van der Waals surface area contributed by atoms with Crippen LogP contribution in [0.5, 0.6) is 0 Å². The largest absolute Gasteiger partial charge is 0.479 e. The van der Waals surface area contributed by atoms with Crippen LogP contribution in [0.15, 0.2) is 30.3 Å². The summed E-state index contributed by atoms with van der Waals surface area (Å²) in [5, 5.41) is 11.9. The van der Waals surface area contributed by atoms with Crippen LogP contribution in [-0.2, 0) is 15.1 Å². The van der Waals surface area contributed by atoms with Gasteiger partial charge in [-0.05, 0) is 38.2 Å². The molecule has 5 heteroatoms. The molecule has 108 valence electrons. The molecule has 20 heavy (non-hydrogen) atoms. The van der Waals surface area contributed by atoms with Gasteiger partial charge in [0.1, 0.15) is 6.10 Å². The molecule has 1 aliphatic carbocycles. The van der Waals surface area contributed by atoms with Crippen LogP contribution < -0.4 is 5.32 Å². The third-order valence-electron chi connectivity index (χ3n) is 3.71. The van der Waals surface area contributed by atoms with E-state index >= 15 is 0 Å². The Bertz CT molecular complexity index is 482. The minimum absolute atomic E-state index is 0.0937. The minimum atomic E-state index is -1.49. The highest BCUT2D eigenvalue weighted by atomic mass is 16.6. The van der Waals surface area contributed by atoms with Gasteiger partial charge in [0.25, 0.3) is 0 Å².